The summed E-state index contributed by atoms with van der Waals surface area (Å²) in [4.78, 5) is 0. The highest BCUT2D eigenvalue weighted by molar-refractivity contribution is 7.80. The first-order valence-electron chi connectivity index (χ1n) is 7.55. The summed E-state index contributed by atoms with van der Waals surface area (Å²) < 4.78 is 13.8. The van der Waals surface area contributed by atoms with Gasteiger partial charge in [0.2, 0.25) is 7.29 Å². The molecule has 0 aliphatic heterocycles. The molecule has 0 aliphatic rings. The summed E-state index contributed by atoms with van der Waals surface area (Å²) in [6.07, 6.45) is 0. The predicted octanol–water partition coefficient (Wildman–Crippen LogP) is 1.71. The van der Waals surface area contributed by atoms with Gasteiger partial charge >= 0.3 is 7.12 Å². The topological polar surface area (TPSA) is 69.6 Å². The Morgan fingerprint density at radius 2 is 1.29 bits per heavy atom. The van der Waals surface area contributed by atoms with E-state index in [4.69, 9.17) is 0 Å². The van der Waals surface area contributed by atoms with Gasteiger partial charge in [-0.05, 0) is 41.9 Å². The molecule has 24 heavy (non-hydrogen) atoms. The quantitative estimate of drug-likeness (QED) is 0.490. The van der Waals surface area contributed by atoms with Gasteiger partial charge in [-0.2, -0.15) is 0 Å². The average Bonchev–Trinajstić information content (AvgIpc) is 2.63. The lowest BCUT2D eigenvalue weighted by molar-refractivity contribution is 0.426. The molecule has 0 unspecified atom stereocenters. The smallest absolute Gasteiger partial charge is 0.423 e. The van der Waals surface area contributed by atoms with Crippen LogP contribution in [0.3, 0.4) is 0 Å². The summed E-state index contributed by atoms with van der Waals surface area (Å²) in [7, 11) is -4.68. The molecule has 3 N–H and O–H groups in total. The number of rotatable bonds is 5. The van der Waals surface area contributed by atoms with Gasteiger partial charge in [0.05, 0.1) is 0 Å². The summed E-state index contributed by atoms with van der Waals surface area (Å²) in [5.74, 6) is 0. The molecule has 0 spiro atoms. The normalized spacial score (nSPS) is 11.1. The van der Waals surface area contributed by atoms with E-state index in [0.29, 0.717) is 21.8 Å². The highest BCUT2D eigenvalue weighted by Gasteiger charge is 2.27. The zero-order valence-electron chi connectivity index (χ0n) is 12.9. The second-order valence-corrected chi connectivity index (χ2v) is 7.87. The van der Waals surface area contributed by atoms with Crippen molar-refractivity contribution in [1.82, 2.24) is 0 Å². The zero-order chi connectivity index (χ0) is 17.0. The lowest BCUT2D eigenvalue weighted by Gasteiger charge is -2.22. The van der Waals surface area contributed by atoms with Gasteiger partial charge in [0.25, 0.3) is 0 Å². The van der Waals surface area contributed by atoms with Crippen LogP contribution in [0.2, 0.25) is 0 Å². The largest absolute Gasteiger partial charge is 0.488 e. The van der Waals surface area contributed by atoms with Gasteiger partial charge in [0.1, 0.15) is 0 Å². The van der Waals surface area contributed by atoms with Crippen molar-refractivity contribution in [3.63, 3.8) is 0 Å². The molecule has 0 heterocycles. The Bertz CT molecular complexity index is 813. The van der Waals surface area contributed by atoms with Crippen molar-refractivity contribution in [3.05, 3.63) is 84.9 Å². The van der Waals surface area contributed by atoms with E-state index in [2.05, 4.69) is 5.09 Å². The van der Waals surface area contributed by atoms with Crippen molar-refractivity contribution in [2.75, 3.05) is 5.09 Å². The van der Waals surface area contributed by atoms with Crippen LogP contribution in [-0.2, 0) is 4.57 Å². The van der Waals surface area contributed by atoms with Gasteiger partial charge in [-0.3, -0.25) is 4.57 Å². The maximum atomic E-state index is 13.8. The lowest BCUT2D eigenvalue weighted by atomic mass is 9.80. The van der Waals surface area contributed by atoms with Crippen LogP contribution in [-0.4, -0.2) is 17.2 Å². The molecule has 4 nitrogen and oxygen atoms in total. The average molecular weight is 337 g/mol. The molecule has 0 atom stereocenters. The van der Waals surface area contributed by atoms with Crippen LogP contribution in [0.1, 0.15) is 0 Å². The van der Waals surface area contributed by atoms with Gasteiger partial charge < -0.3 is 15.1 Å². The summed E-state index contributed by atoms with van der Waals surface area (Å²) >= 11 is 0. The van der Waals surface area contributed by atoms with E-state index in [-0.39, 0.29) is 0 Å². The molecule has 3 aromatic carbocycles. The molecule has 6 heteroatoms. The number of benzene rings is 3. The number of anilines is 1. The van der Waals surface area contributed by atoms with E-state index in [1.165, 1.54) is 0 Å². The maximum absolute atomic E-state index is 13.8. The molecule has 0 fully saturated rings. The van der Waals surface area contributed by atoms with Gasteiger partial charge in [-0.25, -0.2) is 0 Å². The Labute approximate surface area is 141 Å². The van der Waals surface area contributed by atoms with Crippen molar-refractivity contribution in [2.24, 2.45) is 0 Å². The first-order valence-corrected chi connectivity index (χ1v) is 9.26. The van der Waals surface area contributed by atoms with E-state index in [9.17, 15) is 14.6 Å². The highest BCUT2D eigenvalue weighted by Crippen LogP contribution is 2.43. The molecule has 0 aliphatic carbocycles. The van der Waals surface area contributed by atoms with Crippen molar-refractivity contribution in [2.45, 2.75) is 0 Å². The van der Waals surface area contributed by atoms with Gasteiger partial charge in [-0.15, -0.1) is 0 Å². The third-order valence-corrected chi connectivity index (χ3v) is 6.33. The first-order chi connectivity index (χ1) is 11.6. The number of nitrogens with one attached hydrogen (secondary N) is 1. The molecular weight excluding hydrogens is 320 g/mol. The van der Waals surface area contributed by atoms with Crippen LogP contribution < -0.4 is 21.2 Å². The minimum Gasteiger partial charge on any atom is -0.423 e. The molecule has 0 aromatic heterocycles. The molecule has 3 aromatic rings. The van der Waals surface area contributed by atoms with E-state index >= 15 is 0 Å². The van der Waals surface area contributed by atoms with Crippen LogP contribution in [0.4, 0.5) is 5.69 Å². The van der Waals surface area contributed by atoms with E-state index in [0.717, 1.165) is 0 Å². The monoisotopic (exact) mass is 337 g/mol. The second-order valence-electron chi connectivity index (χ2n) is 5.39. The van der Waals surface area contributed by atoms with E-state index < -0.39 is 14.4 Å². The van der Waals surface area contributed by atoms with Crippen LogP contribution in [0.15, 0.2) is 84.9 Å². The summed E-state index contributed by atoms with van der Waals surface area (Å²) in [5.41, 5.74) is 0.907. The Morgan fingerprint density at radius 3 is 1.79 bits per heavy atom. The first kappa shape index (κ1) is 16.5. The van der Waals surface area contributed by atoms with Gasteiger partial charge in [0.15, 0.2) is 0 Å². The van der Waals surface area contributed by atoms with Crippen molar-refractivity contribution in [3.8, 4) is 0 Å². The van der Waals surface area contributed by atoms with Crippen LogP contribution in [0.5, 0.6) is 0 Å². The summed E-state index contributed by atoms with van der Waals surface area (Å²) in [6.45, 7) is 0. The minimum absolute atomic E-state index is 0.340. The highest BCUT2D eigenvalue weighted by atomic mass is 31.2. The van der Waals surface area contributed by atoms with Crippen molar-refractivity contribution < 1.29 is 14.6 Å². The van der Waals surface area contributed by atoms with Crippen LogP contribution >= 0.6 is 7.29 Å². The lowest BCUT2D eigenvalue weighted by Crippen LogP contribution is -2.30. The van der Waals surface area contributed by atoms with Crippen molar-refractivity contribution >= 4 is 36.2 Å². The fraction of sp³-hybridized carbons (Fsp3) is 0. The fourth-order valence-electron chi connectivity index (χ4n) is 2.50. The van der Waals surface area contributed by atoms with E-state index in [1.54, 1.807) is 24.3 Å². The Morgan fingerprint density at radius 1 is 0.750 bits per heavy atom. The molecule has 0 amide bonds. The standard InChI is InChI=1S/C18H17BNO3P/c21-19(22)15-8-7-9-16(14-15)20-24(23,17-10-3-1-4-11-17)18-12-5-2-6-13-18/h1-14,21-22H,(H,20,23). The summed E-state index contributed by atoms with van der Waals surface area (Å²) in [6, 6.07) is 25.1. The maximum Gasteiger partial charge on any atom is 0.488 e. The Balaban J connectivity index is 2.07. The third kappa shape index (κ3) is 3.44. The number of hydrogen-bond acceptors (Lipinski definition) is 3. The van der Waals surface area contributed by atoms with Crippen LogP contribution in [0, 0.1) is 0 Å². The molecule has 120 valence electrons. The van der Waals surface area contributed by atoms with Gasteiger partial charge in [0, 0.05) is 16.3 Å². The summed E-state index contributed by atoms with van der Waals surface area (Å²) in [5, 5.41) is 23.2. The Hall–Kier alpha value is -2.33. The minimum atomic E-state index is -3.11. The fourth-order valence-corrected chi connectivity index (χ4v) is 4.75. The number of hydrogen-bond donors (Lipinski definition) is 3. The van der Waals surface area contributed by atoms with E-state index in [1.807, 2.05) is 60.7 Å². The second kappa shape index (κ2) is 7.06. The third-order valence-electron chi connectivity index (χ3n) is 3.71. The molecule has 3 rings (SSSR count). The predicted molar refractivity (Wildman–Crippen MR) is 99.6 cm³/mol. The molecule has 0 saturated heterocycles. The van der Waals surface area contributed by atoms with Gasteiger partial charge in [-0.1, -0.05) is 48.5 Å². The Kier molecular flexibility index (Phi) is 4.86. The molecule has 0 bridgehead atoms. The zero-order valence-corrected chi connectivity index (χ0v) is 13.8. The molecule has 0 radical (unpaired) electrons. The van der Waals surface area contributed by atoms with Crippen LogP contribution in [0.25, 0.3) is 0 Å². The van der Waals surface area contributed by atoms with Crippen molar-refractivity contribution in [1.29, 1.82) is 0 Å². The molecule has 0 saturated carbocycles. The molecular formula is C18H17BNO3P. The SMILES string of the molecule is O=P(Nc1cccc(B(O)O)c1)(c1ccccc1)c1ccccc1.